The summed E-state index contributed by atoms with van der Waals surface area (Å²) in [5.41, 5.74) is 3.15. The van der Waals surface area contributed by atoms with Crippen LogP contribution in [0.15, 0.2) is 48.5 Å². The summed E-state index contributed by atoms with van der Waals surface area (Å²) in [6, 6.07) is 14.6. The molecule has 2 aromatic carbocycles. The molecule has 0 aromatic heterocycles. The van der Waals surface area contributed by atoms with Gasteiger partial charge in [0.2, 0.25) is 11.8 Å². The Bertz CT molecular complexity index is 835. The van der Waals surface area contributed by atoms with Gasteiger partial charge in [-0.15, -0.1) is 0 Å². The van der Waals surface area contributed by atoms with Crippen molar-refractivity contribution in [2.75, 3.05) is 13.1 Å². The quantitative estimate of drug-likeness (QED) is 0.858. The Morgan fingerprint density at radius 1 is 1.11 bits per heavy atom. The van der Waals surface area contributed by atoms with Crippen LogP contribution in [0.4, 0.5) is 4.39 Å². The Balaban J connectivity index is 1.69. The number of nitrogens with one attached hydrogen (secondary N) is 1. The third-order valence-corrected chi connectivity index (χ3v) is 5.48. The number of likely N-dealkylation sites (tertiary alicyclic amines) is 1. The van der Waals surface area contributed by atoms with Crippen LogP contribution >= 0.6 is 0 Å². The van der Waals surface area contributed by atoms with Crippen LogP contribution in [0.1, 0.15) is 42.9 Å². The highest BCUT2D eigenvalue weighted by Gasteiger charge is 2.33. The summed E-state index contributed by atoms with van der Waals surface area (Å²) in [5.74, 6) is -0.568. The fourth-order valence-corrected chi connectivity index (χ4v) is 3.79. The lowest BCUT2D eigenvalue weighted by atomic mass is 9.83. The minimum atomic E-state index is -0.317. The summed E-state index contributed by atoms with van der Waals surface area (Å²) >= 11 is 0. The molecule has 0 saturated carbocycles. The van der Waals surface area contributed by atoms with Crippen molar-refractivity contribution >= 4 is 11.8 Å². The minimum absolute atomic E-state index is 0.0159. The molecule has 2 aromatic rings. The first-order valence-electron chi connectivity index (χ1n) is 9.82. The SMILES string of the molecule is CCc1ccc(C2CC(C(=O)NCc3cccc(F)c3)CN(C(C)=O)C2)cc1. The van der Waals surface area contributed by atoms with Crippen LogP contribution in [0.5, 0.6) is 0 Å². The Kier molecular flexibility index (Phi) is 6.45. The highest BCUT2D eigenvalue weighted by Crippen LogP contribution is 2.31. The van der Waals surface area contributed by atoms with Crippen LogP contribution in [0.25, 0.3) is 0 Å². The van der Waals surface area contributed by atoms with Gasteiger partial charge in [-0.2, -0.15) is 0 Å². The van der Waals surface area contributed by atoms with Gasteiger partial charge in [-0.3, -0.25) is 9.59 Å². The molecule has 28 heavy (non-hydrogen) atoms. The number of hydrogen-bond acceptors (Lipinski definition) is 2. The molecule has 0 bridgehead atoms. The molecule has 0 aliphatic carbocycles. The third-order valence-electron chi connectivity index (χ3n) is 5.48. The molecule has 4 nitrogen and oxygen atoms in total. The van der Waals surface area contributed by atoms with E-state index in [1.807, 2.05) is 0 Å². The van der Waals surface area contributed by atoms with Crippen LogP contribution in [-0.4, -0.2) is 29.8 Å². The average Bonchev–Trinajstić information content (AvgIpc) is 2.71. The van der Waals surface area contributed by atoms with Gasteiger partial charge in [-0.25, -0.2) is 4.39 Å². The smallest absolute Gasteiger partial charge is 0.225 e. The lowest BCUT2D eigenvalue weighted by Crippen LogP contribution is -2.47. The maximum absolute atomic E-state index is 13.3. The maximum atomic E-state index is 13.3. The van der Waals surface area contributed by atoms with E-state index in [2.05, 4.69) is 36.5 Å². The predicted molar refractivity (Wildman–Crippen MR) is 107 cm³/mol. The van der Waals surface area contributed by atoms with Gasteiger partial charge in [0.1, 0.15) is 5.82 Å². The number of hydrogen-bond donors (Lipinski definition) is 1. The van der Waals surface area contributed by atoms with Crippen molar-refractivity contribution < 1.29 is 14.0 Å². The molecule has 1 fully saturated rings. The number of nitrogens with zero attached hydrogens (tertiary/aromatic N) is 1. The Labute approximate surface area is 165 Å². The monoisotopic (exact) mass is 382 g/mol. The van der Waals surface area contributed by atoms with Crippen LogP contribution in [-0.2, 0) is 22.6 Å². The van der Waals surface area contributed by atoms with E-state index in [0.29, 0.717) is 19.5 Å². The van der Waals surface area contributed by atoms with Crippen molar-refractivity contribution in [3.8, 4) is 0 Å². The zero-order valence-electron chi connectivity index (χ0n) is 16.5. The molecular formula is C23H27FN2O2. The fourth-order valence-electron chi connectivity index (χ4n) is 3.79. The maximum Gasteiger partial charge on any atom is 0.225 e. The summed E-state index contributed by atoms with van der Waals surface area (Å²) in [6.45, 7) is 5.00. The summed E-state index contributed by atoms with van der Waals surface area (Å²) in [7, 11) is 0. The van der Waals surface area contributed by atoms with Crippen LogP contribution < -0.4 is 5.32 Å². The van der Waals surface area contributed by atoms with Gasteiger partial charge in [0, 0.05) is 32.5 Å². The topological polar surface area (TPSA) is 49.4 Å². The second kappa shape index (κ2) is 9.00. The van der Waals surface area contributed by atoms with Gasteiger partial charge in [-0.1, -0.05) is 43.3 Å². The van der Waals surface area contributed by atoms with E-state index in [1.54, 1.807) is 24.0 Å². The summed E-state index contributed by atoms with van der Waals surface area (Å²) in [5, 5.41) is 2.90. The van der Waals surface area contributed by atoms with E-state index in [0.717, 1.165) is 17.5 Å². The van der Waals surface area contributed by atoms with E-state index >= 15 is 0 Å². The third kappa shape index (κ3) is 4.97. The molecular weight excluding hydrogens is 355 g/mol. The van der Waals surface area contributed by atoms with E-state index in [1.165, 1.54) is 17.7 Å². The number of amides is 2. The Morgan fingerprint density at radius 3 is 2.50 bits per heavy atom. The van der Waals surface area contributed by atoms with Gasteiger partial charge < -0.3 is 10.2 Å². The molecule has 148 valence electrons. The molecule has 1 heterocycles. The van der Waals surface area contributed by atoms with Crippen molar-refractivity contribution in [2.24, 2.45) is 5.92 Å². The van der Waals surface area contributed by atoms with Gasteiger partial charge in [0.15, 0.2) is 0 Å². The number of halogens is 1. The number of benzene rings is 2. The summed E-state index contributed by atoms with van der Waals surface area (Å²) < 4.78 is 13.3. The zero-order chi connectivity index (χ0) is 20.1. The number of carbonyl (C=O) groups is 2. The van der Waals surface area contributed by atoms with Gasteiger partial charge >= 0.3 is 0 Å². The first-order valence-corrected chi connectivity index (χ1v) is 9.82. The Morgan fingerprint density at radius 2 is 1.86 bits per heavy atom. The number of carbonyl (C=O) groups excluding carboxylic acids is 2. The lowest BCUT2D eigenvalue weighted by Gasteiger charge is -2.37. The standard InChI is InChI=1S/C23H27FN2O2/c1-3-17-7-9-19(10-8-17)20-12-21(15-26(14-20)16(2)27)23(28)25-13-18-5-4-6-22(24)11-18/h4-11,20-21H,3,12-15H2,1-2H3,(H,25,28). The normalized spacial score (nSPS) is 19.3. The highest BCUT2D eigenvalue weighted by atomic mass is 19.1. The molecule has 0 radical (unpaired) electrons. The second-order valence-corrected chi connectivity index (χ2v) is 7.50. The lowest BCUT2D eigenvalue weighted by molar-refractivity contribution is -0.134. The largest absolute Gasteiger partial charge is 0.352 e. The summed E-state index contributed by atoms with van der Waals surface area (Å²) in [6.07, 6.45) is 1.68. The van der Waals surface area contributed by atoms with Gasteiger partial charge in [-0.05, 0) is 41.7 Å². The van der Waals surface area contributed by atoms with Crippen LogP contribution in [0, 0.1) is 11.7 Å². The predicted octanol–water partition coefficient (Wildman–Crippen LogP) is 3.66. The van der Waals surface area contributed by atoms with Gasteiger partial charge in [0.05, 0.1) is 5.92 Å². The van der Waals surface area contributed by atoms with Crippen LogP contribution in [0.2, 0.25) is 0 Å². The number of rotatable bonds is 5. The van der Waals surface area contributed by atoms with Gasteiger partial charge in [0.25, 0.3) is 0 Å². The molecule has 1 aliphatic heterocycles. The zero-order valence-corrected chi connectivity index (χ0v) is 16.5. The Hall–Kier alpha value is -2.69. The number of piperidine rings is 1. The molecule has 0 spiro atoms. The van der Waals surface area contributed by atoms with E-state index in [4.69, 9.17) is 0 Å². The van der Waals surface area contributed by atoms with Crippen molar-refractivity contribution in [3.05, 3.63) is 71.0 Å². The van der Waals surface area contributed by atoms with Crippen molar-refractivity contribution in [1.82, 2.24) is 10.2 Å². The average molecular weight is 382 g/mol. The molecule has 1 saturated heterocycles. The molecule has 1 N–H and O–H groups in total. The molecule has 2 amide bonds. The molecule has 1 aliphatic rings. The summed E-state index contributed by atoms with van der Waals surface area (Å²) in [4.78, 5) is 26.5. The molecule has 5 heteroatoms. The van der Waals surface area contributed by atoms with E-state index in [9.17, 15) is 14.0 Å². The van der Waals surface area contributed by atoms with Crippen molar-refractivity contribution in [3.63, 3.8) is 0 Å². The highest BCUT2D eigenvalue weighted by molar-refractivity contribution is 5.81. The second-order valence-electron chi connectivity index (χ2n) is 7.50. The van der Waals surface area contributed by atoms with E-state index < -0.39 is 0 Å². The van der Waals surface area contributed by atoms with Crippen molar-refractivity contribution in [1.29, 1.82) is 0 Å². The van der Waals surface area contributed by atoms with E-state index in [-0.39, 0.29) is 36.0 Å². The van der Waals surface area contributed by atoms with Crippen molar-refractivity contribution in [2.45, 2.75) is 39.2 Å². The first-order chi connectivity index (χ1) is 13.5. The molecule has 2 atom stereocenters. The first kappa shape index (κ1) is 20.1. The number of aryl methyl sites for hydroxylation is 1. The van der Waals surface area contributed by atoms with Crippen LogP contribution in [0.3, 0.4) is 0 Å². The molecule has 2 unspecified atom stereocenters. The molecule has 3 rings (SSSR count). The minimum Gasteiger partial charge on any atom is -0.352 e. The fraction of sp³-hybridized carbons (Fsp3) is 0.391.